The van der Waals surface area contributed by atoms with Crippen molar-refractivity contribution in [3.05, 3.63) is 43.0 Å². The predicted octanol–water partition coefficient (Wildman–Crippen LogP) is 3.92. The molecular formula is C47H78N8O7. The molecule has 4 fully saturated rings. The molecule has 3 heterocycles. The van der Waals surface area contributed by atoms with Crippen molar-refractivity contribution in [3.63, 3.8) is 0 Å². The molecule has 8 atom stereocenters. The molecule has 4 aliphatic rings. The van der Waals surface area contributed by atoms with Gasteiger partial charge in [-0.15, -0.1) is 13.2 Å². The molecule has 8 unspecified atom stereocenters. The summed E-state index contributed by atoms with van der Waals surface area (Å²) in [5, 5.41) is 17.4. The molecule has 0 bridgehead atoms. The predicted molar refractivity (Wildman–Crippen MR) is 244 cm³/mol. The van der Waals surface area contributed by atoms with Gasteiger partial charge in [0.05, 0.1) is 12.1 Å². The molecule has 5 rings (SSSR count). The number of esters is 1. The Morgan fingerprint density at radius 3 is 2.11 bits per heavy atom. The zero-order chi connectivity index (χ0) is 45.8. The molecule has 1 aromatic rings. The number of hydrogen-bond donors (Lipinski definition) is 6. The van der Waals surface area contributed by atoms with Crippen LogP contribution in [0.1, 0.15) is 110 Å². The molecule has 0 radical (unpaired) electrons. The van der Waals surface area contributed by atoms with Crippen LogP contribution in [0.4, 0.5) is 5.69 Å². The molecule has 1 aliphatic carbocycles. The van der Waals surface area contributed by atoms with Crippen LogP contribution in [0.5, 0.6) is 0 Å². The number of fused-ring (bicyclic) bond motifs is 1. The quantitative estimate of drug-likeness (QED) is 0.0933. The van der Waals surface area contributed by atoms with E-state index in [0.717, 1.165) is 96.0 Å². The van der Waals surface area contributed by atoms with Gasteiger partial charge in [-0.2, -0.15) is 0 Å². The number of likely N-dealkylation sites (N-methyl/N-ethyl adjacent to an activating group) is 3. The van der Waals surface area contributed by atoms with E-state index in [0.29, 0.717) is 18.0 Å². The van der Waals surface area contributed by atoms with E-state index in [1.807, 2.05) is 32.0 Å². The Morgan fingerprint density at radius 1 is 0.855 bits per heavy atom. The minimum absolute atomic E-state index is 0.101. The Balaban J connectivity index is 0.000000432. The van der Waals surface area contributed by atoms with E-state index in [1.165, 1.54) is 6.42 Å². The van der Waals surface area contributed by atoms with Gasteiger partial charge in [-0.3, -0.25) is 28.8 Å². The number of cyclic esters (lactones) is 1. The lowest BCUT2D eigenvalue weighted by atomic mass is 9.83. The van der Waals surface area contributed by atoms with E-state index in [1.54, 1.807) is 28.1 Å². The average molecular weight is 867 g/mol. The van der Waals surface area contributed by atoms with Crippen LogP contribution >= 0.6 is 0 Å². The molecule has 5 amide bonds. The summed E-state index contributed by atoms with van der Waals surface area (Å²) in [6.07, 6.45) is 11.1. The summed E-state index contributed by atoms with van der Waals surface area (Å²) in [5.41, 5.74) is 1.83. The molecule has 15 heteroatoms. The second-order valence-corrected chi connectivity index (χ2v) is 17.2. The van der Waals surface area contributed by atoms with Gasteiger partial charge in [0, 0.05) is 51.3 Å². The first-order valence-corrected chi connectivity index (χ1v) is 23.1. The normalized spacial score (nSPS) is 22.4. The summed E-state index contributed by atoms with van der Waals surface area (Å²) < 4.78 is 5.09. The van der Waals surface area contributed by atoms with Gasteiger partial charge in [0.2, 0.25) is 23.6 Å². The summed E-state index contributed by atoms with van der Waals surface area (Å²) in [5.74, 6) is 0.0193. The highest BCUT2D eigenvalue weighted by Crippen LogP contribution is 2.35. The fraction of sp³-hybridized carbons (Fsp3) is 0.702. The number of rotatable bonds is 18. The van der Waals surface area contributed by atoms with Gasteiger partial charge < -0.3 is 46.4 Å². The molecule has 3 saturated heterocycles. The Bertz CT molecular complexity index is 1600. The van der Waals surface area contributed by atoms with Crippen molar-refractivity contribution in [2.24, 2.45) is 17.8 Å². The van der Waals surface area contributed by atoms with E-state index >= 15 is 0 Å². The molecule has 0 aromatic heterocycles. The first-order valence-electron chi connectivity index (χ1n) is 23.1. The van der Waals surface area contributed by atoms with Gasteiger partial charge in [-0.1, -0.05) is 58.1 Å². The third-order valence-electron chi connectivity index (χ3n) is 13.1. The summed E-state index contributed by atoms with van der Waals surface area (Å²) in [6.45, 7) is 17.2. The fourth-order valence-electron chi connectivity index (χ4n) is 9.08. The summed E-state index contributed by atoms with van der Waals surface area (Å²) >= 11 is 0. The Morgan fingerprint density at radius 2 is 1.52 bits per heavy atom. The molecule has 348 valence electrons. The largest absolute Gasteiger partial charge is 0.452 e. The van der Waals surface area contributed by atoms with Crippen molar-refractivity contribution >= 4 is 41.2 Å². The fourth-order valence-corrected chi connectivity index (χ4v) is 9.08. The SMILES string of the molecule is C=C.CCCC(CC)C(NC(=O)C(C)NC)C(=O)NC.CNC(C)C(=O)NC(C(=O)N1CCC2CCN(CCc3cccc(NC(=O)C4CCC(=O)O4)c3)CC21)C1CCCCC1. The van der Waals surface area contributed by atoms with Crippen LogP contribution in [-0.2, 0) is 39.9 Å². The van der Waals surface area contributed by atoms with Crippen LogP contribution < -0.4 is 31.9 Å². The zero-order valence-corrected chi connectivity index (χ0v) is 38.7. The third-order valence-corrected chi connectivity index (χ3v) is 13.1. The van der Waals surface area contributed by atoms with Gasteiger partial charge >= 0.3 is 5.97 Å². The number of benzene rings is 1. The summed E-state index contributed by atoms with van der Waals surface area (Å²) in [6, 6.07) is 6.48. The van der Waals surface area contributed by atoms with E-state index in [2.05, 4.69) is 67.8 Å². The average Bonchev–Trinajstić information content (AvgIpc) is 3.94. The number of nitrogens with zero attached hydrogens (tertiary/aromatic N) is 2. The number of carbonyl (C=O) groups excluding carboxylic acids is 6. The van der Waals surface area contributed by atoms with Crippen LogP contribution in [0.2, 0.25) is 0 Å². The van der Waals surface area contributed by atoms with Crippen molar-refractivity contribution in [3.8, 4) is 0 Å². The zero-order valence-electron chi connectivity index (χ0n) is 38.7. The minimum atomic E-state index is -0.711. The first kappa shape index (κ1) is 52.0. The van der Waals surface area contributed by atoms with Crippen molar-refractivity contribution in [2.75, 3.05) is 52.6 Å². The number of amides is 5. The molecule has 1 aromatic carbocycles. The summed E-state index contributed by atoms with van der Waals surface area (Å²) in [7, 11) is 5.09. The second kappa shape index (κ2) is 27.0. The van der Waals surface area contributed by atoms with Crippen LogP contribution in [0.25, 0.3) is 0 Å². The van der Waals surface area contributed by atoms with Gasteiger partial charge in [-0.25, -0.2) is 0 Å². The monoisotopic (exact) mass is 867 g/mol. The van der Waals surface area contributed by atoms with Crippen molar-refractivity contribution in [2.45, 2.75) is 147 Å². The summed E-state index contributed by atoms with van der Waals surface area (Å²) in [4.78, 5) is 79.1. The number of carbonyl (C=O) groups is 6. The van der Waals surface area contributed by atoms with Crippen LogP contribution in [-0.4, -0.2) is 129 Å². The van der Waals surface area contributed by atoms with Crippen molar-refractivity contribution < 1.29 is 33.5 Å². The van der Waals surface area contributed by atoms with Gasteiger partial charge in [0.15, 0.2) is 6.10 Å². The lowest BCUT2D eigenvalue weighted by molar-refractivity contribution is -0.146. The maximum atomic E-state index is 14.1. The maximum Gasteiger partial charge on any atom is 0.306 e. The van der Waals surface area contributed by atoms with Crippen LogP contribution in [0.3, 0.4) is 0 Å². The molecule has 1 saturated carbocycles. The molecule has 6 N–H and O–H groups in total. The highest BCUT2D eigenvalue weighted by atomic mass is 16.6. The van der Waals surface area contributed by atoms with Crippen LogP contribution in [0.15, 0.2) is 37.4 Å². The Hall–Kier alpha value is -4.34. The highest BCUT2D eigenvalue weighted by Gasteiger charge is 2.44. The molecule has 62 heavy (non-hydrogen) atoms. The van der Waals surface area contributed by atoms with Gasteiger partial charge in [0.1, 0.15) is 12.1 Å². The Kier molecular flexibility index (Phi) is 22.6. The standard InChI is InChI=1S/C32H47N5O5.C13H27N3O2.C2H4/c1-21(33-2)30(39)35-29(24-8-4-3-5-9-24)32(41)37-18-15-23-14-17-36(20-26(23)37)16-13-22-7-6-10-25(19-22)34-31(40)27-11-12-28(38)42-27;1-6-8-10(7-2)11(13(18)15-5)16-12(17)9(3)14-4;1-2/h6-7,10,19,21,23-24,26-27,29,33H,3-5,8-9,11-18,20H2,1-2H3,(H,34,40)(H,35,39);9-11,14H,6-8H2,1-5H3,(H,15,18)(H,16,17);1-2H2. The smallest absolute Gasteiger partial charge is 0.306 e. The van der Waals surface area contributed by atoms with E-state index < -0.39 is 18.2 Å². The van der Waals surface area contributed by atoms with Crippen molar-refractivity contribution in [1.29, 1.82) is 0 Å². The first-order chi connectivity index (χ1) is 29.8. The molecule has 0 spiro atoms. The lowest BCUT2D eigenvalue weighted by Crippen LogP contribution is -2.58. The van der Waals surface area contributed by atoms with Gasteiger partial charge in [0.25, 0.3) is 5.91 Å². The molecule has 15 nitrogen and oxygen atoms in total. The number of piperidine rings is 1. The number of ether oxygens (including phenoxy) is 1. The topological polar surface area (TPSA) is 190 Å². The number of nitrogens with one attached hydrogen (secondary N) is 6. The molecular weight excluding hydrogens is 789 g/mol. The van der Waals surface area contributed by atoms with Crippen LogP contribution in [0, 0.1) is 17.8 Å². The number of hydrogen-bond acceptors (Lipinski definition) is 10. The third kappa shape index (κ3) is 15.2. The van der Waals surface area contributed by atoms with E-state index in [-0.39, 0.29) is 71.9 Å². The maximum absolute atomic E-state index is 14.1. The lowest BCUT2D eigenvalue weighted by Gasteiger charge is -2.41. The molecule has 3 aliphatic heterocycles. The highest BCUT2D eigenvalue weighted by molar-refractivity contribution is 5.96. The second-order valence-electron chi connectivity index (χ2n) is 17.2. The minimum Gasteiger partial charge on any atom is -0.452 e. The van der Waals surface area contributed by atoms with Gasteiger partial charge in [-0.05, 0) is 108 Å². The Labute approximate surface area is 371 Å². The van der Waals surface area contributed by atoms with E-state index in [9.17, 15) is 28.8 Å². The number of anilines is 1. The van der Waals surface area contributed by atoms with Crippen molar-refractivity contribution in [1.82, 2.24) is 36.4 Å². The van der Waals surface area contributed by atoms with E-state index in [4.69, 9.17) is 4.74 Å². The number of likely N-dealkylation sites (tertiary alicyclic amines) is 2.